The Bertz CT molecular complexity index is 555. The van der Waals surface area contributed by atoms with E-state index in [0.717, 1.165) is 5.56 Å². The number of phenolic OH excluding ortho intramolecular Hbond substituents is 1. The molecule has 0 fully saturated rings. The Balaban J connectivity index is 1.83. The molecule has 0 saturated carbocycles. The van der Waals surface area contributed by atoms with E-state index in [0.29, 0.717) is 12.1 Å². The average molecular weight is 271 g/mol. The maximum absolute atomic E-state index is 11.8. The highest BCUT2D eigenvalue weighted by molar-refractivity contribution is 5.89. The molecule has 2 rings (SSSR count). The molecule has 5 heteroatoms. The molecule has 0 saturated heterocycles. The van der Waals surface area contributed by atoms with Crippen molar-refractivity contribution in [3.8, 4) is 5.75 Å². The molecule has 3 N–H and O–H groups in total. The van der Waals surface area contributed by atoms with Gasteiger partial charge in [-0.15, -0.1) is 0 Å². The van der Waals surface area contributed by atoms with E-state index >= 15 is 0 Å². The molecule has 1 atom stereocenters. The van der Waals surface area contributed by atoms with E-state index in [-0.39, 0.29) is 17.8 Å². The molecule has 0 aliphatic heterocycles. The summed E-state index contributed by atoms with van der Waals surface area (Å²) < 4.78 is 0. The number of amides is 2. The van der Waals surface area contributed by atoms with Gasteiger partial charge in [-0.1, -0.05) is 12.1 Å². The van der Waals surface area contributed by atoms with Crippen LogP contribution in [-0.2, 0) is 6.42 Å². The Hall–Kier alpha value is -2.56. The van der Waals surface area contributed by atoms with Crippen LogP contribution in [0, 0.1) is 0 Å². The summed E-state index contributed by atoms with van der Waals surface area (Å²) in [5.41, 5.74) is 1.71. The second-order valence-electron chi connectivity index (χ2n) is 4.61. The number of pyridine rings is 1. The molecule has 0 spiro atoms. The Morgan fingerprint density at radius 1 is 1.30 bits per heavy atom. The van der Waals surface area contributed by atoms with Crippen LogP contribution in [0.15, 0.2) is 48.8 Å². The van der Waals surface area contributed by atoms with Crippen LogP contribution in [0.1, 0.15) is 12.5 Å². The molecular formula is C15H17N3O2. The molecule has 2 aromatic rings. The van der Waals surface area contributed by atoms with Crippen LogP contribution >= 0.6 is 0 Å². The van der Waals surface area contributed by atoms with Gasteiger partial charge in [0, 0.05) is 12.2 Å². The zero-order valence-electron chi connectivity index (χ0n) is 11.2. The highest BCUT2D eigenvalue weighted by atomic mass is 16.3. The number of nitrogens with zero attached hydrogens (tertiary/aromatic N) is 1. The third-order valence-corrected chi connectivity index (χ3v) is 2.78. The summed E-state index contributed by atoms with van der Waals surface area (Å²) in [6.45, 7) is 1.93. The summed E-state index contributed by atoms with van der Waals surface area (Å²) in [5.74, 6) is 0.240. The van der Waals surface area contributed by atoms with Crippen LogP contribution in [-0.4, -0.2) is 22.2 Å². The molecule has 1 aromatic carbocycles. The number of hydrogen-bond acceptors (Lipinski definition) is 3. The minimum Gasteiger partial charge on any atom is -0.508 e. The Labute approximate surface area is 117 Å². The molecule has 0 radical (unpaired) electrons. The van der Waals surface area contributed by atoms with Gasteiger partial charge in [-0.2, -0.15) is 0 Å². The van der Waals surface area contributed by atoms with E-state index in [2.05, 4.69) is 15.6 Å². The fourth-order valence-corrected chi connectivity index (χ4v) is 1.86. The highest BCUT2D eigenvalue weighted by Gasteiger charge is 2.08. The maximum Gasteiger partial charge on any atom is 0.319 e. The largest absolute Gasteiger partial charge is 0.508 e. The summed E-state index contributed by atoms with van der Waals surface area (Å²) in [6.07, 6.45) is 3.93. The molecule has 2 amide bonds. The lowest BCUT2D eigenvalue weighted by Gasteiger charge is -2.14. The van der Waals surface area contributed by atoms with Crippen LogP contribution in [0.5, 0.6) is 5.75 Å². The number of carbonyl (C=O) groups is 1. The van der Waals surface area contributed by atoms with Gasteiger partial charge in [0.05, 0.1) is 11.9 Å². The third kappa shape index (κ3) is 4.28. The van der Waals surface area contributed by atoms with E-state index in [9.17, 15) is 9.90 Å². The van der Waals surface area contributed by atoms with Crippen LogP contribution < -0.4 is 10.6 Å². The smallest absolute Gasteiger partial charge is 0.319 e. The van der Waals surface area contributed by atoms with Crippen LogP contribution in [0.25, 0.3) is 0 Å². The maximum atomic E-state index is 11.8. The lowest BCUT2D eigenvalue weighted by atomic mass is 10.1. The van der Waals surface area contributed by atoms with E-state index in [4.69, 9.17) is 0 Å². The number of benzene rings is 1. The molecule has 20 heavy (non-hydrogen) atoms. The quantitative estimate of drug-likeness (QED) is 0.800. The molecule has 0 bridgehead atoms. The molecule has 0 unspecified atom stereocenters. The predicted octanol–water partition coefficient (Wildman–Crippen LogP) is 2.54. The normalized spacial score (nSPS) is 11.7. The third-order valence-electron chi connectivity index (χ3n) is 2.78. The number of rotatable bonds is 4. The van der Waals surface area contributed by atoms with Gasteiger partial charge in [-0.25, -0.2) is 4.79 Å². The monoisotopic (exact) mass is 271 g/mol. The number of carbonyl (C=O) groups excluding carboxylic acids is 1. The number of aromatic hydroxyl groups is 1. The Morgan fingerprint density at radius 2 is 2.05 bits per heavy atom. The number of aromatic nitrogens is 1. The first-order valence-electron chi connectivity index (χ1n) is 6.39. The van der Waals surface area contributed by atoms with Crippen molar-refractivity contribution in [1.82, 2.24) is 10.3 Å². The lowest BCUT2D eigenvalue weighted by molar-refractivity contribution is 0.249. The summed E-state index contributed by atoms with van der Waals surface area (Å²) in [5, 5.41) is 14.8. The number of hydrogen-bond donors (Lipinski definition) is 3. The van der Waals surface area contributed by atoms with Gasteiger partial charge < -0.3 is 15.7 Å². The zero-order chi connectivity index (χ0) is 14.4. The van der Waals surface area contributed by atoms with E-state index in [1.54, 1.807) is 36.7 Å². The Morgan fingerprint density at radius 3 is 2.70 bits per heavy atom. The Kier molecular flexibility index (Phi) is 4.55. The molecular weight excluding hydrogens is 254 g/mol. The first-order valence-corrected chi connectivity index (χ1v) is 6.39. The van der Waals surface area contributed by atoms with Crippen molar-refractivity contribution in [1.29, 1.82) is 0 Å². The minimum absolute atomic E-state index is 0.0174. The van der Waals surface area contributed by atoms with Crippen molar-refractivity contribution in [3.05, 3.63) is 54.4 Å². The van der Waals surface area contributed by atoms with Crippen molar-refractivity contribution in [2.24, 2.45) is 0 Å². The first-order chi connectivity index (χ1) is 9.63. The number of phenols is 1. The highest BCUT2D eigenvalue weighted by Crippen LogP contribution is 2.11. The van der Waals surface area contributed by atoms with Crippen molar-refractivity contribution in [3.63, 3.8) is 0 Å². The summed E-state index contributed by atoms with van der Waals surface area (Å²) in [6, 6.07) is 10.2. The van der Waals surface area contributed by atoms with Gasteiger partial charge >= 0.3 is 6.03 Å². The molecule has 0 aliphatic rings. The first kappa shape index (κ1) is 13.9. The number of urea groups is 1. The topological polar surface area (TPSA) is 74.2 Å². The van der Waals surface area contributed by atoms with Crippen LogP contribution in [0.3, 0.4) is 0 Å². The lowest BCUT2D eigenvalue weighted by Crippen LogP contribution is -2.37. The van der Waals surface area contributed by atoms with Gasteiger partial charge in [0.15, 0.2) is 0 Å². The van der Waals surface area contributed by atoms with Gasteiger partial charge in [0.25, 0.3) is 0 Å². The van der Waals surface area contributed by atoms with Crippen molar-refractivity contribution >= 4 is 11.7 Å². The standard InChI is InChI=1S/C15H17N3O2/c1-11(9-12-4-6-14(19)7-5-12)17-15(20)18-13-3-2-8-16-10-13/h2-8,10-11,19H,9H2,1H3,(H2,17,18,20)/t11-/m1/s1. The van der Waals surface area contributed by atoms with Gasteiger partial charge in [-0.05, 0) is 43.2 Å². The van der Waals surface area contributed by atoms with E-state index < -0.39 is 0 Å². The second kappa shape index (κ2) is 6.56. The molecule has 5 nitrogen and oxygen atoms in total. The van der Waals surface area contributed by atoms with Gasteiger partial charge in [0.1, 0.15) is 5.75 Å². The minimum atomic E-state index is -0.260. The van der Waals surface area contributed by atoms with E-state index in [1.807, 2.05) is 19.1 Å². The fourth-order valence-electron chi connectivity index (χ4n) is 1.86. The van der Waals surface area contributed by atoms with E-state index in [1.165, 1.54) is 0 Å². The molecule has 104 valence electrons. The number of anilines is 1. The second-order valence-corrected chi connectivity index (χ2v) is 4.61. The zero-order valence-corrected chi connectivity index (χ0v) is 11.2. The van der Waals surface area contributed by atoms with Gasteiger partial charge in [0.2, 0.25) is 0 Å². The summed E-state index contributed by atoms with van der Waals surface area (Å²) in [7, 11) is 0. The summed E-state index contributed by atoms with van der Waals surface area (Å²) >= 11 is 0. The molecule has 0 aliphatic carbocycles. The predicted molar refractivity (Wildman–Crippen MR) is 77.7 cm³/mol. The summed E-state index contributed by atoms with van der Waals surface area (Å²) in [4.78, 5) is 15.7. The molecule has 1 heterocycles. The number of nitrogens with one attached hydrogen (secondary N) is 2. The van der Waals surface area contributed by atoms with Crippen LogP contribution in [0.2, 0.25) is 0 Å². The van der Waals surface area contributed by atoms with Crippen LogP contribution in [0.4, 0.5) is 10.5 Å². The van der Waals surface area contributed by atoms with Gasteiger partial charge in [-0.3, -0.25) is 4.98 Å². The van der Waals surface area contributed by atoms with Crippen molar-refractivity contribution in [2.75, 3.05) is 5.32 Å². The SMILES string of the molecule is C[C@H](Cc1ccc(O)cc1)NC(=O)Nc1cccnc1. The average Bonchev–Trinajstić information content (AvgIpc) is 2.42. The molecule has 1 aromatic heterocycles. The van der Waals surface area contributed by atoms with Crippen molar-refractivity contribution in [2.45, 2.75) is 19.4 Å². The fraction of sp³-hybridized carbons (Fsp3) is 0.200. The van der Waals surface area contributed by atoms with Crippen molar-refractivity contribution < 1.29 is 9.90 Å².